The Morgan fingerprint density at radius 1 is 1.06 bits per heavy atom. The number of nitrogens with zero attached hydrogens (tertiary/aromatic N) is 2. The van der Waals surface area contributed by atoms with Crippen LogP contribution < -0.4 is 0 Å². The Bertz CT molecular complexity index is 195. The number of halogens is 1. The first-order chi connectivity index (χ1) is 7.05. The van der Waals surface area contributed by atoms with Crippen LogP contribution in [0.25, 0.3) is 0 Å². The van der Waals surface area contributed by atoms with Gasteiger partial charge in [-0.25, -0.2) is 4.67 Å². The number of rotatable bonds is 5. The molecule has 0 saturated heterocycles. The molecule has 0 aliphatic rings. The molecule has 0 radical (unpaired) electrons. The zero-order valence-corrected chi connectivity index (χ0v) is 14.0. The first-order valence-electron chi connectivity index (χ1n) is 6.06. The van der Waals surface area contributed by atoms with Gasteiger partial charge in [-0.3, -0.25) is 4.34 Å². The summed E-state index contributed by atoms with van der Waals surface area (Å²) in [6.07, 6.45) is 0. The van der Waals surface area contributed by atoms with Gasteiger partial charge in [0.05, 0.1) is 0 Å². The van der Waals surface area contributed by atoms with Gasteiger partial charge in [-0.2, -0.15) is 4.20 Å². The predicted molar refractivity (Wildman–Crippen MR) is 75.9 cm³/mol. The zero-order valence-electron chi connectivity index (χ0n) is 12.1. The molecular formula is C11H28FN2PSi. The van der Waals surface area contributed by atoms with Crippen molar-refractivity contribution >= 4 is 16.8 Å². The maximum atomic E-state index is 14.7. The largest absolute Gasteiger partial charge is 0.261 e. The van der Waals surface area contributed by atoms with E-state index in [0.29, 0.717) is 0 Å². The Hall–Kier alpha value is 0.497. The van der Waals surface area contributed by atoms with E-state index in [-0.39, 0.29) is 5.54 Å². The van der Waals surface area contributed by atoms with Gasteiger partial charge in [-0.05, 0) is 20.8 Å². The van der Waals surface area contributed by atoms with Crippen LogP contribution >= 0.6 is 8.53 Å². The second-order valence-corrected chi connectivity index (χ2v) is 12.6. The van der Waals surface area contributed by atoms with Crippen LogP contribution in [0.1, 0.15) is 34.6 Å². The van der Waals surface area contributed by atoms with Crippen molar-refractivity contribution in [2.45, 2.75) is 59.8 Å². The Morgan fingerprint density at radius 3 is 1.62 bits per heavy atom. The number of hydrogen-bond acceptors (Lipinski definition) is 2. The molecule has 0 aliphatic carbocycles. The second kappa shape index (κ2) is 5.90. The summed E-state index contributed by atoms with van der Waals surface area (Å²) >= 11 is 0. The molecule has 0 aromatic heterocycles. The molecule has 0 bridgehead atoms. The first kappa shape index (κ1) is 16.5. The van der Waals surface area contributed by atoms with E-state index < -0.39 is 16.8 Å². The third-order valence-electron chi connectivity index (χ3n) is 2.40. The van der Waals surface area contributed by atoms with Crippen LogP contribution in [0.3, 0.4) is 0 Å². The van der Waals surface area contributed by atoms with E-state index in [2.05, 4.69) is 44.7 Å². The highest BCUT2D eigenvalue weighted by Crippen LogP contribution is 2.52. The monoisotopic (exact) mass is 266 g/mol. The predicted octanol–water partition coefficient (Wildman–Crippen LogP) is 4.46. The zero-order chi connectivity index (χ0) is 13.1. The van der Waals surface area contributed by atoms with Gasteiger partial charge in [-0.1, -0.05) is 33.5 Å². The lowest BCUT2D eigenvalue weighted by atomic mass is 10.1. The topological polar surface area (TPSA) is 6.48 Å². The van der Waals surface area contributed by atoms with Gasteiger partial charge >= 0.3 is 0 Å². The van der Waals surface area contributed by atoms with Crippen LogP contribution in [-0.2, 0) is 0 Å². The average Bonchev–Trinajstić information content (AvgIpc) is 2.00. The van der Waals surface area contributed by atoms with Crippen LogP contribution in [0.4, 0.5) is 4.20 Å². The minimum Gasteiger partial charge on any atom is -0.261 e. The van der Waals surface area contributed by atoms with Crippen molar-refractivity contribution in [2.24, 2.45) is 0 Å². The summed E-state index contributed by atoms with van der Waals surface area (Å²) in [5, 5.41) is 0. The summed E-state index contributed by atoms with van der Waals surface area (Å²) in [7, 11) is -3.29. The third kappa shape index (κ3) is 4.40. The smallest absolute Gasteiger partial charge is 0.230 e. The molecule has 0 saturated carbocycles. The van der Waals surface area contributed by atoms with Crippen LogP contribution in [0.2, 0.25) is 19.6 Å². The SMILES string of the molecule is CCN(CC)P(F)N(C(C)(C)C)[Si](C)(C)C. The molecule has 16 heavy (non-hydrogen) atoms. The Balaban J connectivity index is 5.06. The van der Waals surface area contributed by atoms with E-state index in [4.69, 9.17) is 0 Å². The van der Waals surface area contributed by atoms with Gasteiger partial charge in [0.25, 0.3) is 0 Å². The molecule has 1 unspecified atom stereocenters. The van der Waals surface area contributed by atoms with Crippen molar-refractivity contribution in [1.29, 1.82) is 0 Å². The Labute approximate surface area is 103 Å². The normalized spacial score (nSPS) is 15.9. The maximum absolute atomic E-state index is 14.7. The molecule has 0 spiro atoms. The highest BCUT2D eigenvalue weighted by molar-refractivity contribution is 7.49. The lowest BCUT2D eigenvalue weighted by molar-refractivity contribution is 0.327. The molecule has 1 atom stereocenters. The minimum absolute atomic E-state index is 0.0898. The third-order valence-corrected chi connectivity index (χ3v) is 8.60. The molecule has 2 nitrogen and oxygen atoms in total. The van der Waals surface area contributed by atoms with E-state index in [0.717, 1.165) is 13.1 Å². The van der Waals surface area contributed by atoms with Gasteiger partial charge in [-0.15, -0.1) is 0 Å². The van der Waals surface area contributed by atoms with Crippen molar-refractivity contribution in [2.75, 3.05) is 13.1 Å². The fourth-order valence-corrected chi connectivity index (χ4v) is 7.67. The van der Waals surface area contributed by atoms with Gasteiger partial charge in [0.1, 0.15) is 8.24 Å². The molecule has 98 valence electrons. The van der Waals surface area contributed by atoms with Crippen LogP contribution in [0.15, 0.2) is 0 Å². The summed E-state index contributed by atoms with van der Waals surface area (Å²) in [5.41, 5.74) is -0.0898. The summed E-state index contributed by atoms with van der Waals surface area (Å²) < 4.78 is 18.8. The summed E-state index contributed by atoms with van der Waals surface area (Å²) in [6.45, 7) is 18.6. The summed E-state index contributed by atoms with van der Waals surface area (Å²) in [4.78, 5) is 0. The molecule has 0 heterocycles. The molecule has 0 rings (SSSR count). The Kier molecular flexibility index (Phi) is 6.08. The Morgan fingerprint density at radius 2 is 1.44 bits per heavy atom. The molecule has 0 aromatic carbocycles. The van der Waals surface area contributed by atoms with E-state index in [9.17, 15) is 4.20 Å². The highest BCUT2D eigenvalue weighted by Gasteiger charge is 2.41. The van der Waals surface area contributed by atoms with Crippen LogP contribution in [0, 0.1) is 0 Å². The van der Waals surface area contributed by atoms with E-state index in [1.807, 2.05) is 18.5 Å². The highest BCUT2D eigenvalue weighted by atomic mass is 31.2. The van der Waals surface area contributed by atoms with Gasteiger partial charge in [0, 0.05) is 18.6 Å². The van der Waals surface area contributed by atoms with Gasteiger partial charge < -0.3 is 0 Å². The van der Waals surface area contributed by atoms with Gasteiger partial charge in [0.15, 0.2) is 0 Å². The number of hydrogen-bond donors (Lipinski definition) is 0. The quantitative estimate of drug-likeness (QED) is 0.535. The molecule has 0 amide bonds. The fourth-order valence-electron chi connectivity index (χ4n) is 2.08. The standard InChI is InChI=1S/C11H28FN2PSi/c1-9-13(10-2)15(12)14(11(3,4)5)16(6,7)8/h9-10H2,1-8H3. The molecule has 0 aliphatic heterocycles. The second-order valence-electron chi connectivity index (χ2n) is 6.03. The first-order valence-corrected chi connectivity index (χ1v) is 10.6. The van der Waals surface area contributed by atoms with E-state index in [1.54, 1.807) is 0 Å². The van der Waals surface area contributed by atoms with Crippen molar-refractivity contribution in [1.82, 2.24) is 9.01 Å². The molecular weight excluding hydrogens is 238 g/mol. The molecule has 0 fully saturated rings. The van der Waals surface area contributed by atoms with E-state index in [1.165, 1.54) is 0 Å². The lowest BCUT2D eigenvalue weighted by Crippen LogP contribution is -2.53. The van der Waals surface area contributed by atoms with Crippen molar-refractivity contribution in [3.63, 3.8) is 0 Å². The summed E-state index contributed by atoms with van der Waals surface area (Å²) in [5.74, 6) is 0. The van der Waals surface area contributed by atoms with E-state index >= 15 is 0 Å². The molecule has 0 aromatic rings. The summed E-state index contributed by atoms with van der Waals surface area (Å²) in [6, 6.07) is 0. The maximum Gasteiger partial charge on any atom is 0.230 e. The average molecular weight is 266 g/mol. The van der Waals surface area contributed by atoms with Crippen molar-refractivity contribution in [3.05, 3.63) is 0 Å². The fraction of sp³-hybridized carbons (Fsp3) is 1.00. The van der Waals surface area contributed by atoms with Crippen LogP contribution in [-0.4, -0.2) is 35.9 Å². The van der Waals surface area contributed by atoms with Gasteiger partial charge in [0.2, 0.25) is 8.53 Å². The molecule has 5 heteroatoms. The minimum atomic E-state index is -1.66. The van der Waals surface area contributed by atoms with Crippen molar-refractivity contribution < 1.29 is 4.20 Å². The lowest BCUT2D eigenvalue weighted by Gasteiger charge is -2.47. The molecule has 0 N–H and O–H groups in total. The van der Waals surface area contributed by atoms with Crippen molar-refractivity contribution in [3.8, 4) is 0 Å². The van der Waals surface area contributed by atoms with Crippen LogP contribution in [0.5, 0.6) is 0 Å².